The Hall–Kier alpha value is -0.0700. The van der Waals surface area contributed by atoms with Gasteiger partial charge in [-0.05, 0) is 12.2 Å². The van der Waals surface area contributed by atoms with Gasteiger partial charge in [-0.25, -0.2) is 0 Å². The van der Waals surface area contributed by atoms with E-state index in [1.807, 2.05) is 0 Å². The molecule has 2 atom stereocenters. The molecule has 0 bridgehead atoms. The van der Waals surface area contributed by atoms with E-state index in [2.05, 4.69) is 0 Å². The third-order valence-electron chi connectivity index (χ3n) is 1.55. The van der Waals surface area contributed by atoms with Gasteiger partial charge in [0.25, 0.3) is 10.1 Å². The maximum atomic E-state index is 10.7. The number of hydrogen-bond acceptors (Lipinski definition) is 3. The molecule has 0 fully saturated rings. The van der Waals surface area contributed by atoms with Crippen LogP contribution in [0, 0.1) is 0 Å². The summed E-state index contributed by atoms with van der Waals surface area (Å²) in [6, 6.07) is 0. The van der Waals surface area contributed by atoms with Crippen molar-refractivity contribution in [2.24, 2.45) is 5.73 Å². The van der Waals surface area contributed by atoms with Crippen LogP contribution in [0.2, 0.25) is 0 Å². The molecule has 0 radical (unpaired) electrons. The largest absolute Gasteiger partial charge is 0.305 e. The fraction of sp³-hybridized carbons (Fsp3) is 0.333. The highest BCUT2D eigenvalue weighted by Gasteiger charge is 2.31. The van der Waals surface area contributed by atoms with Crippen molar-refractivity contribution in [1.82, 2.24) is 0 Å². The third-order valence-corrected chi connectivity index (χ3v) is 3.40. The summed E-state index contributed by atoms with van der Waals surface area (Å²) in [6.45, 7) is 0. The molecule has 4 nitrogen and oxygen atoms in total. The van der Waals surface area contributed by atoms with E-state index in [9.17, 15) is 8.42 Å². The van der Waals surface area contributed by atoms with Crippen molar-refractivity contribution in [2.45, 2.75) is 10.2 Å². The summed E-state index contributed by atoms with van der Waals surface area (Å²) >= 11 is 11.2. The van der Waals surface area contributed by atoms with E-state index in [0.717, 1.165) is 6.08 Å². The molecule has 74 valence electrons. The van der Waals surface area contributed by atoms with Crippen molar-refractivity contribution in [3.63, 3.8) is 0 Å². The van der Waals surface area contributed by atoms with Gasteiger partial charge in [0.2, 0.25) is 0 Å². The lowest BCUT2D eigenvalue weighted by Gasteiger charge is -2.22. The lowest BCUT2D eigenvalue weighted by atomic mass is 10.1. The van der Waals surface area contributed by atoms with Crippen LogP contribution in [0.1, 0.15) is 0 Å². The van der Waals surface area contributed by atoms with Crippen molar-refractivity contribution in [3.05, 3.63) is 23.3 Å². The van der Waals surface area contributed by atoms with Gasteiger partial charge in [0.1, 0.15) is 10.2 Å². The molecular weight excluding hydrogens is 237 g/mol. The predicted molar refractivity (Wildman–Crippen MR) is 51.2 cm³/mol. The van der Waals surface area contributed by atoms with E-state index < -0.39 is 20.4 Å². The molecule has 0 aromatic heterocycles. The topological polar surface area (TPSA) is 80.4 Å². The number of alkyl halides is 1. The van der Waals surface area contributed by atoms with Gasteiger partial charge in [-0.3, -0.25) is 4.55 Å². The molecule has 3 N–H and O–H groups in total. The Labute approximate surface area is 85.8 Å². The van der Waals surface area contributed by atoms with Crippen LogP contribution < -0.4 is 5.73 Å². The van der Waals surface area contributed by atoms with Crippen molar-refractivity contribution in [1.29, 1.82) is 0 Å². The lowest BCUT2D eigenvalue weighted by Crippen LogP contribution is -2.35. The summed E-state index contributed by atoms with van der Waals surface area (Å²) in [6.07, 6.45) is 3.48. The average Bonchev–Trinajstić information content (AvgIpc) is 1.92. The normalized spacial score (nSPS) is 34.5. The molecule has 0 aromatic rings. The molecule has 1 aliphatic rings. The molecule has 0 saturated carbocycles. The molecule has 13 heavy (non-hydrogen) atoms. The summed E-state index contributed by atoms with van der Waals surface area (Å²) in [4.78, 5) is -1.37. The van der Waals surface area contributed by atoms with Crippen molar-refractivity contribution in [3.8, 4) is 0 Å². The first-order valence-electron chi connectivity index (χ1n) is 3.25. The lowest BCUT2D eigenvalue weighted by molar-refractivity contribution is 0.480. The first-order valence-corrected chi connectivity index (χ1v) is 5.50. The van der Waals surface area contributed by atoms with Gasteiger partial charge in [0, 0.05) is 0 Å². The highest BCUT2D eigenvalue weighted by Crippen LogP contribution is 2.29. The van der Waals surface area contributed by atoms with Crippen LogP contribution in [0.5, 0.6) is 0 Å². The Morgan fingerprint density at radius 3 is 2.54 bits per heavy atom. The zero-order valence-corrected chi connectivity index (χ0v) is 8.64. The molecule has 7 heteroatoms. The quantitative estimate of drug-likeness (QED) is 0.310. The van der Waals surface area contributed by atoms with Crippen LogP contribution in [0.4, 0.5) is 0 Å². The average molecular weight is 244 g/mol. The minimum atomic E-state index is -4.17. The number of rotatable bonds is 1. The van der Waals surface area contributed by atoms with Crippen LogP contribution in [0.3, 0.4) is 0 Å². The van der Waals surface area contributed by atoms with Gasteiger partial charge in [0.15, 0.2) is 0 Å². The summed E-state index contributed by atoms with van der Waals surface area (Å²) in [5.74, 6) is 0. The fourth-order valence-corrected chi connectivity index (χ4v) is 1.82. The van der Waals surface area contributed by atoms with E-state index in [0.29, 0.717) is 0 Å². The SMILES string of the molecule is NC1(Cl)C=CC(S(=O)(=O)O)C=C1Cl. The third kappa shape index (κ3) is 2.45. The zero-order chi connectivity index (χ0) is 10.3. The van der Waals surface area contributed by atoms with Gasteiger partial charge in [0.05, 0.1) is 5.03 Å². The molecule has 1 rings (SSSR count). The summed E-state index contributed by atoms with van der Waals surface area (Å²) in [5, 5.41) is -1.20. The van der Waals surface area contributed by atoms with Crippen molar-refractivity contribution >= 4 is 33.3 Å². The fourth-order valence-electron chi connectivity index (χ4n) is 0.827. The number of hydrogen-bond donors (Lipinski definition) is 2. The maximum Gasteiger partial charge on any atom is 0.275 e. The molecular formula is C6H7Cl2NO3S. The van der Waals surface area contributed by atoms with Gasteiger partial charge in [-0.1, -0.05) is 29.3 Å². The Morgan fingerprint density at radius 2 is 2.15 bits per heavy atom. The first kappa shape index (κ1) is 11.0. The highest BCUT2D eigenvalue weighted by atomic mass is 35.5. The van der Waals surface area contributed by atoms with E-state index >= 15 is 0 Å². The number of nitrogens with two attached hydrogens (primary N) is 1. The molecule has 0 amide bonds. The molecule has 0 spiro atoms. The van der Waals surface area contributed by atoms with Crippen molar-refractivity contribution < 1.29 is 13.0 Å². The summed E-state index contributed by atoms with van der Waals surface area (Å²) in [5.41, 5.74) is 5.43. The minimum absolute atomic E-state index is 0.0284. The number of halogens is 2. The Balaban J connectivity index is 3.05. The maximum absolute atomic E-state index is 10.7. The standard InChI is InChI=1S/C6H7Cl2NO3S/c7-5-3-4(13(10,11)12)1-2-6(5,8)9/h1-4H,9H2,(H,10,11,12). The van der Waals surface area contributed by atoms with Crippen LogP contribution in [0.15, 0.2) is 23.3 Å². The van der Waals surface area contributed by atoms with Crippen LogP contribution in [-0.2, 0) is 10.1 Å². The summed E-state index contributed by atoms with van der Waals surface area (Å²) < 4.78 is 30.0. The first-order chi connectivity index (χ1) is 5.73. The Morgan fingerprint density at radius 1 is 1.62 bits per heavy atom. The van der Waals surface area contributed by atoms with E-state index in [-0.39, 0.29) is 5.03 Å². The second kappa shape index (κ2) is 3.25. The van der Waals surface area contributed by atoms with E-state index in [1.54, 1.807) is 0 Å². The zero-order valence-electron chi connectivity index (χ0n) is 6.31. The smallest absolute Gasteiger partial charge is 0.275 e. The second-order valence-corrected chi connectivity index (χ2v) is 5.23. The molecule has 2 unspecified atom stereocenters. The molecule has 0 saturated heterocycles. The molecule has 0 aromatic carbocycles. The highest BCUT2D eigenvalue weighted by molar-refractivity contribution is 7.86. The van der Waals surface area contributed by atoms with Crippen molar-refractivity contribution in [2.75, 3.05) is 0 Å². The Kier molecular flexibility index (Phi) is 2.75. The summed E-state index contributed by atoms with van der Waals surface area (Å²) in [7, 11) is -4.17. The van der Waals surface area contributed by atoms with Gasteiger partial charge in [-0.2, -0.15) is 8.42 Å². The van der Waals surface area contributed by atoms with E-state index in [1.165, 1.54) is 12.2 Å². The second-order valence-electron chi connectivity index (χ2n) is 2.62. The minimum Gasteiger partial charge on any atom is -0.305 e. The molecule has 0 aliphatic heterocycles. The monoisotopic (exact) mass is 243 g/mol. The molecule has 0 heterocycles. The van der Waals surface area contributed by atoms with Gasteiger partial charge in [-0.15, -0.1) is 0 Å². The molecule has 1 aliphatic carbocycles. The van der Waals surface area contributed by atoms with Crippen LogP contribution in [0.25, 0.3) is 0 Å². The Bertz CT molecular complexity index is 371. The van der Waals surface area contributed by atoms with Gasteiger partial charge < -0.3 is 5.73 Å². The van der Waals surface area contributed by atoms with Crippen LogP contribution >= 0.6 is 23.2 Å². The predicted octanol–water partition coefficient (Wildman–Crippen LogP) is 0.829. The van der Waals surface area contributed by atoms with Crippen LogP contribution in [-0.4, -0.2) is 23.2 Å². The van der Waals surface area contributed by atoms with Gasteiger partial charge >= 0.3 is 0 Å². The van der Waals surface area contributed by atoms with E-state index in [4.69, 9.17) is 33.5 Å².